The molecule has 0 unspecified atom stereocenters. The first-order chi connectivity index (χ1) is 18.8. The molecule has 1 saturated heterocycles. The van der Waals surface area contributed by atoms with Crippen LogP contribution >= 0.6 is 11.3 Å². The molecule has 4 heterocycles. The Balaban J connectivity index is 1.48. The van der Waals surface area contributed by atoms with Gasteiger partial charge in [0.15, 0.2) is 5.13 Å². The number of amides is 2. The Bertz CT molecular complexity index is 1590. The fraction of sp³-hybridized carbons (Fsp3) is 0.320. The molecule has 5 rings (SSSR count). The zero-order chi connectivity index (χ0) is 27.6. The van der Waals surface area contributed by atoms with Gasteiger partial charge in [0.1, 0.15) is 0 Å². The Kier molecular flexibility index (Phi) is 7.70. The predicted octanol–water partition coefficient (Wildman–Crippen LogP) is 3.38. The third kappa shape index (κ3) is 5.83. The second-order valence-electron chi connectivity index (χ2n) is 9.09. The molecule has 0 bridgehead atoms. The number of benzene rings is 1. The van der Waals surface area contributed by atoms with E-state index in [1.807, 2.05) is 38.1 Å². The van der Waals surface area contributed by atoms with Crippen LogP contribution in [0.15, 0.2) is 42.9 Å². The summed E-state index contributed by atoms with van der Waals surface area (Å²) in [4.78, 5) is 29.7. The van der Waals surface area contributed by atoms with E-state index in [-0.39, 0.29) is 18.6 Å². The van der Waals surface area contributed by atoms with Crippen LogP contribution in [0.1, 0.15) is 25.3 Å². The number of urea groups is 1. The van der Waals surface area contributed by atoms with Gasteiger partial charge < -0.3 is 10.4 Å². The van der Waals surface area contributed by atoms with E-state index in [0.29, 0.717) is 42.1 Å². The van der Waals surface area contributed by atoms with E-state index < -0.39 is 16.3 Å². The summed E-state index contributed by atoms with van der Waals surface area (Å²) >= 11 is 1.35. The lowest BCUT2D eigenvalue weighted by Crippen LogP contribution is -2.41. The van der Waals surface area contributed by atoms with Crippen LogP contribution in [-0.4, -0.2) is 69.5 Å². The molecule has 204 valence electrons. The summed E-state index contributed by atoms with van der Waals surface area (Å²) in [7, 11) is -3.90. The maximum atomic E-state index is 12.8. The van der Waals surface area contributed by atoms with Crippen molar-refractivity contribution < 1.29 is 18.3 Å². The Morgan fingerprint density at radius 1 is 1.15 bits per heavy atom. The fourth-order valence-electron chi connectivity index (χ4n) is 4.38. The number of anilines is 2. The van der Waals surface area contributed by atoms with Crippen molar-refractivity contribution in [3.8, 4) is 22.4 Å². The molecule has 1 atom stereocenters. The number of carbonyl (C=O) groups is 1. The number of rotatable bonds is 8. The average molecular weight is 569 g/mol. The monoisotopic (exact) mass is 568 g/mol. The third-order valence-corrected chi connectivity index (χ3v) is 8.84. The van der Waals surface area contributed by atoms with Crippen molar-refractivity contribution in [2.75, 3.05) is 29.7 Å². The minimum absolute atomic E-state index is 0.0640. The lowest BCUT2D eigenvalue weighted by atomic mass is 10.0. The van der Waals surface area contributed by atoms with Crippen LogP contribution in [-0.2, 0) is 10.2 Å². The molecule has 4 N–H and O–H groups in total. The molecule has 12 nitrogen and oxygen atoms in total. The second-order valence-corrected chi connectivity index (χ2v) is 11.7. The summed E-state index contributed by atoms with van der Waals surface area (Å²) in [5, 5.41) is 15.4. The Labute approximate surface area is 229 Å². The minimum atomic E-state index is -3.90. The zero-order valence-corrected chi connectivity index (χ0v) is 23.0. The van der Waals surface area contributed by atoms with E-state index in [1.165, 1.54) is 28.0 Å². The number of aliphatic hydroxyl groups is 1. The van der Waals surface area contributed by atoms with Gasteiger partial charge in [-0.25, -0.2) is 24.5 Å². The molecule has 2 amide bonds. The number of hydrogen-bond acceptors (Lipinski definition) is 9. The largest absolute Gasteiger partial charge is 0.395 e. The van der Waals surface area contributed by atoms with Gasteiger partial charge in [0.05, 0.1) is 22.5 Å². The maximum absolute atomic E-state index is 12.8. The van der Waals surface area contributed by atoms with Gasteiger partial charge in [-0.1, -0.05) is 17.4 Å². The van der Waals surface area contributed by atoms with Crippen LogP contribution in [0.25, 0.3) is 32.6 Å². The molecule has 0 aliphatic carbocycles. The molecular formula is C25H28N8O4S2. The number of nitrogens with one attached hydrogen (secondary N) is 3. The number of aliphatic hydroxyl groups excluding tert-OH is 1. The van der Waals surface area contributed by atoms with Gasteiger partial charge in [0, 0.05) is 48.8 Å². The SMILES string of the molecule is CCNC(=O)Nc1nc2cc(-c3cnc(NS(=O)(=O)N4CCC[C@@H]4CO)nc3)cc(-c3ccc(C)cn3)c2s1. The lowest BCUT2D eigenvalue weighted by Gasteiger charge is -2.22. The van der Waals surface area contributed by atoms with Crippen LogP contribution in [0.5, 0.6) is 0 Å². The van der Waals surface area contributed by atoms with E-state index in [1.54, 1.807) is 6.20 Å². The minimum Gasteiger partial charge on any atom is -0.395 e. The second kappa shape index (κ2) is 11.2. The molecule has 14 heteroatoms. The van der Waals surface area contributed by atoms with Gasteiger partial charge in [0.25, 0.3) is 0 Å². The first kappa shape index (κ1) is 26.9. The van der Waals surface area contributed by atoms with Gasteiger partial charge in [-0.15, -0.1) is 0 Å². The molecule has 1 aliphatic heterocycles. The van der Waals surface area contributed by atoms with Crippen LogP contribution < -0.4 is 15.4 Å². The molecule has 4 aromatic rings. The highest BCUT2D eigenvalue weighted by atomic mass is 32.2. The van der Waals surface area contributed by atoms with Crippen molar-refractivity contribution in [2.45, 2.75) is 32.7 Å². The molecule has 39 heavy (non-hydrogen) atoms. The Hall–Kier alpha value is -3.72. The smallest absolute Gasteiger partial charge is 0.321 e. The standard InChI is InChI=1S/C25H28N8O4S2/c1-3-26-24(35)31-25-30-21-10-16(9-19(22(21)38-25)20-7-6-15(2)11-27-20)17-12-28-23(29-13-17)32-39(36,37)33-8-4-5-18(33)14-34/h6-7,9-13,18,34H,3-5,8,14H2,1-2H3,(H,28,29,32)(H2,26,30,31,35)/t18-/m1/s1. The van der Waals surface area contributed by atoms with Crippen LogP contribution in [0.2, 0.25) is 0 Å². The van der Waals surface area contributed by atoms with E-state index in [9.17, 15) is 18.3 Å². The summed E-state index contributed by atoms with van der Waals surface area (Å²) < 4.78 is 30.1. The van der Waals surface area contributed by atoms with Gasteiger partial charge in [-0.2, -0.15) is 12.7 Å². The van der Waals surface area contributed by atoms with Crippen molar-refractivity contribution in [1.82, 2.24) is 29.6 Å². The number of fused-ring (bicyclic) bond motifs is 1. The molecule has 0 spiro atoms. The van der Waals surface area contributed by atoms with Crippen LogP contribution in [0, 0.1) is 6.92 Å². The van der Waals surface area contributed by atoms with E-state index in [4.69, 9.17) is 0 Å². The Morgan fingerprint density at radius 2 is 1.95 bits per heavy atom. The first-order valence-electron chi connectivity index (χ1n) is 12.4. The maximum Gasteiger partial charge on any atom is 0.321 e. The normalized spacial score (nSPS) is 15.9. The summed E-state index contributed by atoms with van der Waals surface area (Å²) in [6, 6.07) is 6.93. The van der Waals surface area contributed by atoms with Crippen molar-refractivity contribution >= 4 is 48.9 Å². The number of carbonyl (C=O) groups excluding carboxylic acids is 1. The topological polar surface area (TPSA) is 162 Å². The molecule has 0 radical (unpaired) electrons. The molecule has 3 aromatic heterocycles. The van der Waals surface area contributed by atoms with Crippen molar-refractivity contribution in [3.63, 3.8) is 0 Å². The number of nitrogens with zero attached hydrogens (tertiary/aromatic N) is 5. The number of hydrogen-bond donors (Lipinski definition) is 4. The highest BCUT2D eigenvalue weighted by molar-refractivity contribution is 7.90. The number of aromatic nitrogens is 4. The quantitative estimate of drug-likeness (QED) is 0.251. The average Bonchev–Trinajstić information content (AvgIpc) is 3.56. The molecular weight excluding hydrogens is 540 g/mol. The van der Waals surface area contributed by atoms with Gasteiger partial charge in [0.2, 0.25) is 5.95 Å². The highest BCUT2D eigenvalue weighted by Crippen LogP contribution is 2.38. The van der Waals surface area contributed by atoms with Gasteiger partial charge >= 0.3 is 16.2 Å². The summed E-state index contributed by atoms with van der Waals surface area (Å²) in [5.41, 5.74) is 4.67. The molecule has 1 aromatic carbocycles. The number of pyridine rings is 1. The Morgan fingerprint density at radius 3 is 2.64 bits per heavy atom. The summed E-state index contributed by atoms with van der Waals surface area (Å²) in [6.07, 6.45) is 6.14. The van der Waals surface area contributed by atoms with Crippen molar-refractivity contribution in [2.24, 2.45) is 0 Å². The third-order valence-electron chi connectivity index (χ3n) is 6.28. The highest BCUT2D eigenvalue weighted by Gasteiger charge is 2.34. The van der Waals surface area contributed by atoms with Gasteiger partial charge in [-0.05, 0) is 56.0 Å². The predicted molar refractivity (Wildman–Crippen MR) is 151 cm³/mol. The van der Waals surface area contributed by atoms with Crippen molar-refractivity contribution in [1.29, 1.82) is 0 Å². The number of aryl methyl sites for hydroxylation is 1. The fourth-order valence-corrected chi connectivity index (χ4v) is 6.74. The first-order valence-corrected chi connectivity index (χ1v) is 14.7. The van der Waals surface area contributed by atoms with Crippen LogP contribution in [0.3, 0.4) is 0 Å². The van der Waals surface area contributed by atoms with Crippen LogP contribution in [0.4, 0.5) is 15.9 Å². The summed E-state index contributed by atoms with van der Waals surface area (Å²) in [5.74, 6) is -0.0640. The van der Waals surface area contributed by atoms with E-state index >= 15 is 0 Å². The molecule has 0 saturated carbocycles. The number of thiazole rings is 1. The van der Waals surface area contributed by atoms with Crippen molar-refractivity contribution in [3.05, 3.63) is 48.4 Å². The molecule has 1 fully saturated rings. The summed E-state index contributed by atoms with van der Waals surface area (Å²) in [6.45, 7) is 4.38. The lowest BCUT2D eigenvalue weighted by molar-refractivity contribution is 0.214. The van der Waals surface area contributed by atoms with Gasteiger partial charge in [-0.3, -0.25) is 10.3 Å². The van der Waals surface area contributed by atoms with E-state index in [2.05, 4.69) is 35.3 Å². The van der Waals surface area contributed by atoms with E-state index in [0.717, 1.165) is 27.1 Å². The zero-order valence-electron chi connectivity index (χ0n) is 21.4. The molecule has 1 aliphatic rings.